The predicted octanol–water partition coefficient (Wildman–Crippen LogP) is 2.80. The summed E-state index contributed by atoms with van der Waals surface area (Å²) in [5.41, 5.74) is 2.23. The van der Waals surface area contributed by atoms with Gasteiger partial charge in [0.2, 0.25) is 0 Å². The number of nitrogens with one attached hydrogen (secondary N) is 1. The molecule has 4 nitrogen and oxygen atoms in total. The Kier molecular flexibility index (Phi) is 4.20. The normalized spacial score (nSPS) is 10.8. The topological polar surface area (TPSA) is 42.7 Å². The Hall–Kier alpha value is -1.98. The van der Waals surface area contributed by atoms with Crippen molar-refractivity contribution in [2.75, 3.05) is 6.54 Å². The first-order valence-corrected chi connectivity index (χ1v) is 7.48. The lowest BCUT2D eigenvalue weighted by Gasteiger charge is -2.02. The van der Waals surface area contributed by atoms with E-state index in [1.165, 1.54) is 5.56 Å². The molecule has 5 heteroatoms. The highest BCUT2D eigenvalue weighted by molar-refractivity contribution is 7.09. The Balaban J connectivity index is 1.50. The molecule has 1 N–H and O–H groups in total. The molecule has 2 aromatic heterocycles. The minimum atomic E-state index is 0.804. The van der Waals surface area contributed by atoms with Gasteiger partial charge >= 0.3 is 0 Å². The first-order valence-electron chi connectivity index (χ1n) is 6.60. The molecule has 0 bridgehead atoms. The van der Waals surface area contributed by atoms with Crippen LogP contribution in [0.4, 0.5) is 0 Å². The van der Waals surface area contributed by atoms with E-state index >= 15 is 0 Å². The van der Waals surface area contributed by atoms with Crippen molar-refractivity contribution in [3.05, 3.63) is 59.2 Å². The Bertz CT molecular complexity index is 631. The van der Waals surface area contributed by atoms with Gasteiger partial charge in [-0.3, -0.25) is 4.68 Å². The number of benzene rings is 1. The lowest BCUT2D eigenvalue weighted by Crippen LogP contribution is -2.19. The molecular formula is C15H16N4S. The van der Waals surface area contributed by atoms with Gasteiger partial charge < -0.3 is 5.32 Å². The zero-order valence-corrected chi connectivity index (χ0v) is 11.9. The van der Waals surface area contributed by atoms with E-state index in [2.05, 4.69) is 32.9 Å². The first kappa shape index (κ1) is 13.0. The van der Waals surface area contributed by atoms with Crippen molar-refractivity contribution in [3.8, 4) is 11.3 Å². The van der Waals surface area contributed by atoms with Crippen LogP contribution in [-0.4, -0.2) is 21.3 Å². The van der Waals surface area contributed by atoms with Gasteiger partial charge in [0, 0.05) is 36.4 Å². The summed E-state index contributed by atoms with van der Waals surface area (Å²) in [5, 5.41) is 10.8. The molecule has 3 rings (SSSR count). The van der Waals surface area contributed by atoms with Crippen LogP contribution in [0.5, 0.6) is 0 Å². The van der Waals surface area contributed by atoms with Gasteiger partial charge in [0.1, 0.15) is 5.01 Å². The van der Waals surface area contributed by atoms with Crippen LogP contribution in [0, 0.1) is 0 Å². The third kappa shape index (κ3) is 3.31. The number of nitrogens with zero attached hydrogens (tertiary/aromatic N) is 3. The number of thiazole rings is 1. The summed E-state index contributed by atoms with van der Waals surface area (Å²) < 4.78 is 1.92. The van der Waals surface area contributed by atoms with E-state index in [1.54, 1.807) is 17.5 Å². The molecule has 0 aliphatic rings. The van der Waals surface area contributed by atoms with E-state index < -0.39 is 0 Å². The minimum absolute atomic E-state index is 0.804. The average molecular weight is 284 g/mol. The third-order valence-electron chi connectivity index (χ3n) is 2.97. The Morgan fingerprint density at radius 2 is 2.05 bits per heavy atom. The van der Waals surface area contributed by atoms with Crippen LogP contribution in [0.1, 0.15) is 5.01 Å². The standard InChI is InChI=1S/C15H16N4S/c1-2-5-13(6-3-1)14-12-20-15(18-14)11-16-8-10-19-9-4-7-17-19/h1-7,9,12,16H,8,10-11H2. The number of hydrogen-bond acceptors (Lipinski definition) is 4. The van der Waals surface area contributed by atoms with Crippen LogP contribution in [0.3, 0.4) is 0 Å². The first-order chi connectivity index (χ1) is 9.92. The second-order valence-electron chi connectivity index (χ2n) is 4.44. The third-order valence-corrected chi connectivity index (χ3v) is 3.82. The van der Waals surface area contributed by atoms with E-state index in [1.807, 2.05) is 35.1 Å². The van der Waals surface area contributed by atoms with Crippen LogP contribution in [0.15, 0.2) is 54.2 Å². The summed E-state index contributed by atoms with van der Waals surface area (Å²) in [6.45, 7) is 2.57. The van der Waals surface area contributed by atoms with Gasteiger partial charge in [0.15, 0.2) is 0 Å². The van der Waals surface area contributed by atoms with Crippen molar-refractivity contribution in [2.24, 2.45) is 0 Å². The SMILES string of the molecule is c1ccc(-c2csc(CNCCn3cccn3)n2)cc1. The predicted molar refractivity (Wildman–Crippen MR) is 81.5 cm³/mol. The molecule has 102 valence electrons. The van der Waals surface area contributed by atoms with Crippen molar-refractivity contribution in [1.29, 1.82) is 0 Å². The Morgan fingerprint density at radius 3 is 2.85 bits per heavy atom. The molecule has 0 unspecified atom stereocenters. The van der Waals surface area contributed by atoms with Crippen molar-refractivity contribution in [2.45, 2.75) is 13.1 Å². The van der Waals surface area contributed by atoms with E-state index in [-0.39, 0.29) is 0 Å². The largest absolute Gasteiger partial charge is 0.309 e. The van der Waals surface area contributed by atoms with E-state index in [9.17, 15) is 0 Å². The molecular weight excluding hydrogens is 268 g/mol. The quantitative estimate of drug-likeness (QED) is 0.708. The second-order valence-corrected chi connectivity index (χ2v) is 5.38. The van der Waals surface area contributed by atoms with Gasteiger partial charge in [-0.25, -0.2) is 4.98 Å². The van der Waals surface area contributed by atoms with Gasteiger partial charge in [0.25, 0.3) is 0 Å². The highest BCUT2D eigenvalue weighted by atomic mass is 32.1. The molecule has 0 aliphatic heterocycles. The minimum Gasteiger partial charge on any atom is -0.309 e. The lowest BCUT2D eigenvalue weighted by atomic mass is 10.2. The molecule has 0 saturated carbocycles. The molecule has 0 saturated heterocycles. The fraction of sp³-hybridized carbons (Fsp3) is 0.200. The fourth-order valence-electron chi connectivity index (χ4n) is 1.96. The van der Waals surface area contributed by atoms with Crippen LogP contribution in [-0.2, 0) is 13.1 Å². The Labute approximate surface area is 122 Å². The Morgan fingerprint density at radius 1 is 1.15 bits per heavy atom. The summed E-state index contributed by atoms with van der Waals surface area (Å²) in [4.78, 5) is 4.65. The summed E-state index contributed by atoms with van der Waals surface area (Å²) in [6, 6.07) is 12.2. The van der Waals surface area contributed by atoms with Crippen LogP contribution in [0.2, 0.25) is 0 Å². The summed E-state index contributed by atoms with van der Waals surface area (Å²) >= 11 is 1.70. The number of hydrogen-bond donors (Lipinski definition) is 1. The highest BCUT2D eigenvalue weighted by Crippen LogP contribution is 2.21. The van der Waals surface area contributed by atoms with E-state index in [0.29, 0.717) is 0 Å². The van der Waals surface area contributed by atoms with Gasteiger partial charge in [-0.1, -0.05) is 30.3 Å². The zero-order valence-electron chi connectivity index (χ0n) is 11.1. The average Bonchev–Trinajstić information content (AvgIpc) is 3.16. The molecule has 20 heavy (non-hydrogen) atoms. The number of rotatable bonds is 6. The van der Waals surface area contributed by atoms with Gasteiger partial charge in [-0.15, -0.1) is 11.3 Å². The summed E-state index contributed by atoms with van der Waals surface area (Å²) in [5.74, 6) is 0. The van der Waals surface area contributed by atoms with Crippen LogP contribution in [0.25, 0.3) is 11.3 Å². The number of aromatic nitrogens is 3. The molecule has 0 aliphatic carbocycles. The van der Waals surface area contributed by atoms with Gasteiger partial charge in [0.05, 0.1) is 12.2 Å². The highest BCUT2D eigenvalue weighted by Gasteiger charge is 2.03. The second kappa shape index (κ2) is 6.45. The van der Waals surface area contributed by atoms with Crippen molar-refractivity contribution >= 4 is 11.3 Å². The molecule has 0 spiro atoms. The zero-order chi connectivity index (χ0) is 13.6. The maximum atomic E-state index is 4.65. The van der Waals surface area contributed by atoms with Crippen molar-refractivity contribution < 1.29 is 0 Å². The van der Waals surface area contributed by atoms with E-state index in [4.69, 9.17) is 0 Å². The molecule has 0 amide bonds. The maximum Gasteiger partial charge on any atom is 0.107 e. The smallest absolute Gasteiger partial charge is 0.107 e. The van der Waals surface area contributed by atoms with Crippen molar-refractivity contribution in [3.63, 3.8) is 0 Å². The maximum absolute atomic E-state index is 4.65. The van der Waals surface area contributed by atoms with E-state index in [0.717, 1.165) is 30.3 Å². The summed E-state index contributed by atoms with van der Waals surface area (Å²) in [7, 11) is 0. The van der Waals surface area contributed by atoms with Crippen LogP contribution < -0.4 is 5.32 Å². The monoisotopic (exact) mass is 284 g/mol. The van der Waals surface area contributed by atoms with Crippen molar-refractivity contribution in [1.82, 2.24) is 20.1 Å². The van der Waals surface area contributed by atoms with Gasteiger partial charge in [-0.2, -0.15) is 5.10 Å². The molecule has 0 fully saturated rings. The van der Waals surface area contributed by atoms with Gasteiger partial charge in [-0.05, 0) is 6.07 Å². The molecule has 1 aromatic carbocycles. The van der Waals surface area contributed by atoms with Crippen LogP contribution >= 0.6 is 11.3 Å². The molecule has 0 atom stereocenters. The molecule has 2 heterocycles. The molecule has 3 aromatic rings. The lowest BCUT2D eigenvalue weighted by molar-refractivity contribution is 0.554. The fourth-order valence-corrected chi connectivity index (χ4v) is 2.73. The molecule has 0 radical (unpaired) electrons. The summed E-state index contributed by atoms with van der Waals surface area (Å²) in [6.07, 6.45) is 3.77.